The first kappa shape index (κ1) is 14.4. The zero-order chi connectivity index (χ0) is 12.9. The highest BCUT2D eigenvalue weighted by molar-refractivity contribution is 7.86. The van der Waals surface area contributed by atoms with Crippen molar-refractivity contribution in [2.24, 2.45) is 5.73 Å². The maximum atomic E-state index is 12.2. The molecule has 6 nitrogen and oxygen atoms in total. The highest BCUT2D eigenvalue weighted by Crippen LogP contribution is 2.15. The highest BCUT2D eigenvalue weighted by Gasteiger charge is 2.27. The van der Waals surface area contributed by atoms with Gasteiger partial charge in [-0.2, -0.15) is 17.0 Å². The van der Waals surface area contributed by atoms with Gasteiger partial charge in [-0.3, -0.25) is 4.79 Å². The smallest absolute Gasteiger partial charge is 0.281 e. The van der Waals surface area contributed by atoms with Crippen LogP contribution in [0.3, 0.4) is 0 Å². The van der Waals surface area contributed by atoms with Crippen molar-refractivity contribution in [2.45, 2.75) is 32.1 Å². The first-order chi connectivity index (χ1) is 7.94. The Kier molecular flexibility index (Phi) is 5.35. The molecule has 1 heterocycles. The van der Waals surface area contributed by atoms with Crippen molar-refractivity contribution in [2.75, 3.05) is 26.7 Å². The molecule has 1 fully saturated rings. The van der Waals surface area contributed by atoms with E-state index in [2.05, 4.69) is 0 Å². The Morgan fingerprint density at radius 2 is 1.76 bits per heavy atom. The highest BCUT2D eigenvalue weighted by atomic mass is 32.2. The summed E-state index contributed by atoms with van der Waals surface area (Å²) in [5.74, 6) is -0.483. The molecule has 1 saturated heterocycles. The molecule has 0 aromatic rings. The van der Waals surface area contributed by atoms with E-state index in [0.717, 1.165) is 25.7 Å². The molecule has 0 aromatic heterocycles. The molecule has 1 aliphatic heterocycles. The van der Waals surface area contributed by atoms with Crippen molar-refractivity contribution in [1.29, 1.82) is 0 Å². The first-order valence-electron chi connectivity index (χ1n) is 5.94. The predicted octanol–water partition coefficient (Wildman–Crippen LogP) is -0.0856. The van der Waals surface area contributed by atoms with Crippen LogP contribution in [0.5, 0.6) is 0 Å². The van der Waals surface area contributed by atoms with Crippen molar-refractivity contribution in [3.63, 3.8) is 0 Å². The lowest BCUT2D eigenvalue weighted by atomic mass is 10.2. The lowest BCUT2D eigenvalue weighted by molar-refractivity contribution is -0.118. The SMILES string of the molecule is CN(CCC(N)=O)S(=O)(=O)N1CCCCCC1. The van der Waals surface area contributed by atoms with Crippen molar-refractivity contribution in [3.8, 4) is 0 Å². The van der Waals surface area contributed by atoms with Gasteiger partial charge in [0.05, 0.1) is 0 Å². The largest absolute Gasteiger partial charge is 0.370 e. The van der Waals surface area contributed by atoms with E-state index in [1.807, 2.05) is 0 Å². The molecule has 0 spiro atoms. The van der Waals surface area contributed by atoms with E-state index in [4.69, 9.17) is 5.73 Å². The standard InChI is InChI=1S/C10H21N3O3S/c1-12(9-6-10(11)14)17(15,16)13-7-4-2-3-5-8-13/h2-9H2,1H3,(H2,11,14). The Morgan fingerprint density at radius 3 is 2.24 bits per heavy atom. The fraction of sp³-hybridized carbons (Fsp3) is 0.900. The Bertz CT molecular complexity index is 348. The zero-order valence-corrected chi connectivity index (χ0v) is 11.1. The molecule has 1 aliphatic rings. The molecule has 1 rings (SSSR count). The number of nitrogens with zero attached hydrogens (tertiary/aromatic N) is 2. The van der Waals surface area contributed by atoms with E-state index in [9.17, 15) is 13.2 Å². The first-order valence-corrected chi connectivity index (χ1v) is 7.34. The van der Waals surface area contributed by atoms with Gasteiger partial charge in [0.2, 0.25) is 5.91 Å². The van der Waals surface area contributed by atoms with Gasteiger partial charge in [-0.25, -0.2) is 0 Å². The van der Waals surface area contributed by atoms with E-state index in [0.29, 0.717) is 13.1 Å². The lowest BCUT2D eigenvalue weighted by Crippen LogP contribution is -2.43. The third-order valence-electron chi connectivity index (χ3n) is 2.96. The number of carbonyl (C=O) groups excluding carboxylic acids is 1. The molecule has 7 heteroatoms. The van der Waals surface area contributed by atoms with Crippen LogP contribution >= 0.6 is 0 Å². The fourth-order valence-electron chi connectivity index (χ4n) is 1.85. The zero-order valence-electron chi connectivity index (χ0n) is 10.3. The minimum atomic E-state index is -3.42. The summed E-state index contributed by atoms with van der Waals surface area (Å²) in [5.41, 5.74) is 5.01. The average Bonchev–Trinajstić information content (AvgIpc) is 2.54. The van der Waals surface area contributed by atoms with Crippen LogP contribution in [0.15, 0.2) is 0 Å². The molecule has 100 valence electrons. The van der Waals surface area contributed by atoms with Gasteiger partial charge < -0.3 is 5.73 Å². The van der Waals surface area contributed by atoms with Crippen LogP contribution in [0, 0.1) is 0 Å². The van der Waals surface area contributed by atoms with Gasteiger partial charge in [-0.1, -0.05) is 12.8 Å². The molecule has 17 heavy (non-hydrogen) atoms. The van der Waals surface area contributed by atoms with E-state index in [1.165, 1.54) is 15.7 Å². The summed E-state index contributed by atoms with van der Waals surface area (Å²) in [6.07, 6.45) is 4.03. The average molecular weight is 263 g/mol. The van der Waals surface area contributed by atoms with E-state index in [1.54, 1.807) is 0 Å². The van der Waals surface area contributed by atoms with E-state index < -0.39 is 16.1 Å². The van der Waals surface area contributed by atoms with Crippen LogP contribution in [-0.4, -0.2) is 49.6 Å². The number of carbonyl (C=O) groups is 1. The molecule has 1 amide bonds. The molecule has 0 bridgehead atoms. The predicted molar refractivity (Wildman–Crippen MR) is 65.4 cm³/mol. The van der Waals surface area contributed by atoms with Gasteiger partial charge in [-0.15, -0.1) is 0 Å². The minimum absolute atomic E-state index is 0.0591. The van der Waals surface area contributed by atoms with Crippen molar-refractivity contribution in [3.05, 3.63) is 0 Å². The summed E-state index contributed by atoms with van der Waals surface area (Å²) >= 11 is 0. The Labute approximate surface area is 103 Å². The normalized spacial score (nSPS) is 19.2. The quantitative estimate of drug-likeness (QED) is 0.752. The summed E-state index contributed by atoms with van der Waals surface area (Å²) in [4.78, 5) is 10.6. The van der Waals surface area contributed by atoms with Crippen molar-refractivity contribution < 1.29 is 13.2 Å². The van der Waals surface area contributed by atoms with Crippen molar-refractivity contribution in [1.82, 2.24) is 8.61 Å². The molecule has 0 unspecified atom stereocenters. The summed E-state index contributed by atoms with van der Waals surface area (Å²) in [5, 5.41) is 0. The van der Waals surface area contributed by atoms with E-state index >= 15 is 0 Å². The van der Waals surface area contributed by atoms with Crippen LogP contribution in [0.2, 0.25) is 0 Å². The monoisotopic (exact) mass is 263 g/mol. The molecule has 0 aromatic carbocycles. The number of nitrogens with two attached hydrogens (primary N) is 1. The Balaban J connectivity index is 2.61. The Hall–Kier alpha value is -0.660. The number of hydrogen-bond acceptors (Lipinski definition) is 3. The van der Waals surface area contributed by atoms with Gasteiger partial charge in [0, 0.05) is 33.1 Å². The van der Waals surface area contributed by atoms with Gasteiger partial charge in [0.1, 0.15) is 0 Å². The maximum absolute atomic E-state index is 12.2. The molecule has 0 aliphatic carbocycles. The molecule has 0 atom stereocenters. The number of primary amides is 1. The van der Waals surface area contributed by atoms with Crippen LogP contribution < -0.4 is 5.73 Å². The number of rotatable bonds is 5. The molecule has 0 saturated carbocycles. The molecular weight excluding hydrogens is 242 g/mol. The third-order valence-corrected chi connectivity index (χ3v) is 4.95. The Morgan fingerprint density at radius 1 is 1.24 bits per heavy atom. The lowest BCUT2D eigenvalue weighted by Gasteiger charge is -2.26. The van der Waals surface area contributed by atoms with Crippen molar-refractivity contribution >= 4 is 16.1 Å². The van der Waals surface area contributed by atoms with Gasteiger partial charge >= 0.3 is 0 Å². The molecule has 2 N–H and O–H groups in total. The molecular formula is C10H21N3O3S. The fourth-order valence-corrected chi connectivity index (χ4v) is 3.29. The van der Waals surface area contributed by atoms with Gasteiger partial charge in [0.25, 0.3) is 10.2 Å². The van der Waals surface area contributed by atoms with Crippen LogP contribution in [0.1, 0.15) is 32.1 Å². The second-order valence-electron chi connectivity index (χ2n) is 4.36. The maximum Gasteiger partial charge on any atom is 0.281 e. The second kappa shape index (κ2) is 6.32. The van der Waals surface area contributed by atoms with Crippen LogP contribution in [0.4, 0.5) is 0 Å². The minimum Gasteiger partial charge on any atom is -0.370 e. The second-order valence-corrected chi connectivity index (χ2v) is 6.39. The number of hydrogen-bond donors (Lipinski definition) is 1. The summed E-state index contributed by atoms with van der Waals surface area (Å²) in [6, 6.07) is 0. The topological polar surface area (TPSA) is 83.7 Å². The molecule has 0 radical (unpaired) electrons. The summed E-state index contributed by atoms with van der Waals surface area (Å²) < 4.78 is 27.0. The van der Waals surface area contributed by atoms with Gasteiger partial charge in [-0.05, 0) is 12.8 Å². The summed E-state index contributed by atoms with van der Waals surface area (Å²) in [7, 11) is -1.93. The van der Waals surface area contributed by atoms with Gasteiger partial charge in [0.15, 0.2) is 0 Å². The number of amides is 1. The summed E-state index contributed by atoms with van der Waals surface area (Å²) in [6.45, 7) is 1.29. The van der Waals surface area contributed by atoms with Crippen LogP contribution in [0.25, 0.3) is 0 Å². The van der Waals surface area contributed by atoms with Crippen LogP contribution in [-0.2, 0) is 15.0 Å². The van der Waals surface area contributed by atoms with E-state index in [-0.39, 0.29) is 13.0 Å². The third kappa shape index (κ3) is 4.25.